The van der Waals surface area contributed by atoms with E-state index in [0.29, 0.717) is 5.92 Å². The summed E-state index contributed by atoms with van der Waals surface area (Å²) in [6.07, 6.45) is 0. The molecular formula is C14H21BBrNO2. The lowest BCUT2D eigenvalue weighted by Gasteiger charge is -2.32. The van der Waals surface area contributed by atoms with Gasteiger partial charge in [0, 0.05) is 5.69 Å². The van der Waals surface area contributed by atoms with Crippen molar-refractivity contribution in [2.75, 3.05) is 0 Å². The average Bonchev–Trinajstić information content (AvgIpc) is 2.47. The van der Waals surface area contributed by atoms with Crippen molar-refractivity contribution in [1.82, 2.24) is 4.98 Å². The normalized spacial score (nSPS) is 21.2. The summed E-state index contributed by atoms with van der Waals surface area (Å²) >= 11 is 3.46. The van der Waals surface area contributed by atoms with Gasteiger partial charge in [-0.2, -0.15) is 0 Å². The van der Waals surface area contributed by atoms with Crippen LogP contribution >= 0.6 is 15.9 Å². The lowest BCUT2D eigenvalue weighted by atomic mass is 9.79. The Bertz CT molecular complexity index is 472. The second-order valence-electron chi connectivity index (χ2n) is 6.39. The minimum absolute atomic E-state index is 0.314. The number of rotatable bonds is 2. The molecule has 3 nitrogen and oxygen atoms in total. The van der Waals surface area contributed by atoms with Gasteiger partial charge in [0.2, 0.25) is 0 Å². The van der Waals surface area contributed by atoms with Gasteiger partial charge in [0.15, 0.2) is 0 Å². The molecule has 0 bridgehead atoms. The maximum absolute atomic E-state index is 6.07. The first-order valence-electron chi connectivity index (χ1n) is 6.65. The number of aromatic nitrogens is 1. The molecule has 0 N–H and O–H groups in total. The summed E-state index contributed by atoms with van der Waals surface area (Å²) in [5, 5.41) is 0. The summed E-state index contributed by atoms with van der Waals surface area (Å²) in [6, 6.07) is 4.03. The van der Waals surface area contributed by atoms with Gasteiger partial charge in [0.25, 0.3) is 0 Å². The van der Waals surface area contributed by atoms with E-state index in [4.69, 9.17) is 9.31 Å². The number of pyridine rings is 1. The number of hydrogen-bond acceptors (Lipinski definition) is 3. The molecule has 1 saturated heterocycles. The molecular weight excluding hydrogens is 305 g/mol. The molecule has 2 heterocycles. The largest absolute Gasteiger partial charge is 0.494 e. The molecule has 0 radical (unpaired) electrons. The van der Waals surface area contributed by atoms with Crippen LogP contribution < -0.4 is 5.46 Å². The van der Waals surface area contributed by atoms with Crippen LogP contribution in [0.25, 0.3) is 0 Å². The van der Waals surface area contributed by atoms with Crippen molar-refractivity contribution in [2.45, 2.75) is 58.7 Å². The van der Waals surface area contributed by atoms with Crippen molar-refractivity contribution >= 4 is 28.5 Å². The SMILES string of the molecule is CC(C)c1cc(B2OC(C)(C)C(C)(C)O2)cc(Br)n1. The van der Waals surface area contributed by atoms with Crippen LogP contribution in [0.3, 0.4) is 0 Å². The smallest absolute Gasteiger partial charge is 0.399 e. The number of hydrogen-bond donors (Lipinski definition) is 0. The maximum atomic E-state index is 6.07. The summed E-state index contributed by atoms with van der Waals surface area (Å²) < 4.78 is 13.0. The average molecular weight is 326 g/mol. The predicted molar refractivity (Wildman–Crippen MR) is 81.7 cm³/mol. The molecule has 1 aromatic heterocycles. The van der Waals surface area contributed by atoms with Crippen LogP contribution in [0.2, 0.25) is 0 Å². The van der Waals surface area contributed by atoms with Crippen LogP contribution in [0.4, 0.5) is 0 Å². The summed E-state index contributed by atoms with van der Waals surface area (Å²) in [6.45, 7) is 12.5. The molecule has 1 fully saturated rings. The fourth-order valence-electron chi connectivity index (χ4n) is 1.95. The molecule has 1 aliphatic heterocycles. The molecule has 0 atom stereocenters. The Morgan fingerprint density at radius 2 is 1.63 bits per heavy atom. The minimum Gasteiger partial charge on any atom is -0.399 e. The Morgan fingerprint density at radius 3 is 2.11 bits per heavy atom. The highest BCUT2D eigenvalue weighted by molar-refractivity contribution is 9.10. The first kappa shape index (κ1) is 15.0. The first-order chi connectivity index (χ1) is 8.62. The Hall–Kier alpha value is -0.385. The van der Waals surface area contributed by atoms with Gasteiger partial charge in [-0.3, -0.25) is 0 Å². The quantitative estimate of drug-likeness (QED) is 0.617. The molecule has 5 heteroatoms. The van der Waals surface area contributed by atoms with Crippen molar-refractivity contribution in [3.8, 4) is 0 Å². The van der Waals surface area contributed by atoms with Gasteiger partial charge in [-0.15, -0.1) is 0 Å². The zero-order valence-corrected chi connectivity index (χ0v) is 14.0. The Kier molecular flexibility index (Phi) is 3.84. The third-order valence-electron chi connectivity index (χ3n) is 3.95. The molecule has 104 valence electrons. The standard InChI is InChI=1S/C14H21BBrNO2/c1-9(2)11-7-10(8-12(16)17-11)15-18-13(3,4)14(5,6)19-15/h7-9H,1-6H3. The summed E-state index contributed by atoms with van der Waals surface area (Å²) in [5.74, 6) is 0.374. The van der Waals surface area contributed by atoms with Crippen molar-refractivity contribution in [2.24, 2.45) is 0 Å². The van der Waals surface area contributed by atoms with Crippen molar-refractivity contribution < 1.29 is 9.31 Å². The molecule has 0 unspecified atom stereocenters. The van der Waals surface area contributed by atoms with Gasteiger partial charge in [-0.1, -0.05) is 13.8 Å². The van der Waals surface area contributed by atoms with E-state index in [2.05, 4.69) is 68.5 Å². The van der Waals surface area contributed by atoms with E-state index in [1.165, 1.54) is 0 Å². The van der Waals surface area contributed by atoms with E-state index in [9.17, 15) is 0 Å². The lowest BCUT2D eigenvalue weighted by molar-refractivity contribution is 0.00578. The molecule has 19 heavy (non-hydrogen) atoms. The minimum atomic E-state index is -0.332. The predicted octanol–water partition coefficient (Wildman–Crippen LogP) is 3.27. The Morgan fingerprint density at radius 1 is 1.11 bits per heavy atom. The van der Waals surface area contributed by atoms with E-state index in [1.807, 2.05) is 6.07 Å². The topological polar surface area (TPSA) is 31.4 Å². The molecule has 2 rings (SSSR count). The monoisotopic (exact) mass is 325 g/mol. The van der Waals surface area contributed by atoms with E-state index >= 15 is 0 Å². The van der Waals surface area contributed by atoms with E-state index in [-0.39, 0.29) is 18.3 Å². The van der Waals surface area contributed by atoms with Gasteiger partial charge >= 0.3 is 7.12 Å². The van der Waals surface area contributed by atoms with Gasteiger partial charge in [0.1, 0.15) is 4.60 Å². The first-order valence-corrected chi connectivity index (χ1v) is 7.45. The zero-order valence-electron chi connectivity index (χ0n) is 12.5. The number of nitrogens with zero attached hydrogens (tertiary/aromatic N) is 1. The molecule has 0 amide bonds. The molecule has 1 aromatic rings. The van der Waals surface area contributed by atoms with E-state index in [0.717, 1.165) is 15.8 Å². The second-order valence-corrected chi connectivity index (χ2v) is 7.20. The number of halogens is 1. The zero-order chi connectivity index (χ0) is 14.4. The fraction of sp³-hybridized carbons (Fsp3) is 0.643. The Balaban J connectivity index is 2.34. The van der Waals surface area contributed by atoms with Gasteiger partial charge < -0.3 is 9.31 Å². The molecule has 0 saturated carbocycles. The Labute approximate surface area is 124 Å². The third-order valence-corrected chi connectivity index (χ3v) is 4.36. The van der Waals surface area contributed by atoms with Crippen LogP contribution in [-0.4, -0.2) is 23.3 Å². The van der Waals surface area contributed by atoms with Crippen molar-refractivity contribution in [1.29, 1.82) is 0 Å². The fourth-order valence-corrected chi connectivity index (χ4v) is 2.42. The van der Waals surface area contributed by atoms with Crippen LogP contribution in [0.1, 0.15) is 53.2 Å². The molecule has 0 aromatic carbocycles. The van der Waals surface area contributed by atoms with Crippen LogP contribution in [0.15, 0.2) is 16.7 Å². The van der Waals surface area contributed by atoms with E-state index in [1.54, 1.807) is 0 Å². The molecule has 0 aliphatic carbocycles. The van der Waals surface area contributed by atoms with Gasteiger partial charge in [-0.05, 0) is 67.1 Å². The second kappa shape index (κ2) is 4.87. The van der Waals surface area contributed by atoms with Crippen LogP contribution in [0.5, 0.6) is 0 Å². The summed E-state index contributed by atoms with van der Waals surface area (Å²) in [7, 11) is -0.332. The lowest BCUT2D eigenvalue weighted by Crippen LogP contribution is -2.41. The summed E-state index contributed by atoms with van der Waals surface area (Å²) in [4.78, 5) is 4.48. The summed E-state index contributed by atoms with van der Waals surface area (Å²) in [5.41, 5.74) is 1.43. The van der Waals surface area contributed by atoms with E-state index < -0.39 is 0 Å². The molecule has 0 spiro atoms. The van der Waals surface area contributed by atoms with Crippen molar-refractivity contribution in [3.05, 3.63) is 22.4 Å². The highest BCUT2D eigenvalue weighted by Crippen LogP contribution is 2.36. The van der Waals surface area contributed by atoms with Crippen molar-refractivity contribution in [3.63, 3.8) is 0 Å². The maximum Gasteiger partial charge on any atom is 0.494 e. The van der Waals surface area contributed by atoms with Crippen LogP contribution in [-0.2, 0) is 9.31 Å². The highest BCUT2D eigenvalue weighted by Gasteiger charge is 2.51. The third kappa shape index (κ3) is 2.88. The van der Waals surface area contributed by atoms with Gasteiger partial charge in [0.05, 0.1) is 11.2 Å². The molecule has 1 aliphatic rings. The van der Waals surface area contributed by atoms with Gasteiger partial charge in [-0.25, -0.2) is 4.98 Å². The highest BCUT2D eigenvalue weighted by atomic mass is 79.9. The van der Waals surface area contributed by atoms with Crippen LogP contribution in [0, 0.1) is 0 Å².